The Morgan fingerprint density at radius 1 is 1.14 bits per heavy atom. The normalized spacial score (nSPS) is 10.6. The van der Waals surface area contributed by atoms with Gasteiger partial charge in [0, 0.05) is 53.0 Å². The number of thiol groups is 1. The summed E-state index contributed by atoms with van der Waals surface area (Å²) in [4.78, 5) is 12.4. The van der Waals surface area contributed by atoms with Crippen LogP contribution >= 0.6 is 24.2 Å². The molecule has 3 heterocycles. The van der Waals surface area contributed by atoms with E-state index in [4.69, 9.17) is 11.6 Å². The van der Waals surface area contributed by atoms with Gasteiger partial charge in [0.15, 0.2) is 0 Å². The van der Waals surface area contributed by atoms with E-state index in [0.717, 1.165) is 34.6 Å². The van der Waals surface area contributed by atoms with Gasteiger partial charge < -0.3 is 10.3 Å². The molecule has 0 radical (unpaired) electrons. The van der Waals surface area contributed by atoms with Crippen LogP contribution < -0.4 is 5.32 Å². The fourth-order valence-corrected chi connectivity index (χ4v) is 3.36. The SMILES string of the molecule is CNCc1c[nH]c2cc(Cc3ccc(C)nc3Cl)ccc12.Sc1cccnc1. The molecule has 0 saturated heterocycles. The standard InChI is InChI=1S/C17H18ClN3.C5H5NS/c1-11-3-5-13(17(18)21-11)7-12-4-6-15-14(9-19-2)10-20-16(15)8-12;7-5-2-1-3-6-4-5/h3-6,8,10,19-20H,7,9H2,1-2H3;1-4,7H. The number of benzene rings is 1. The first-order valence-corrected chi connectivity index (χ1v) is 9.84. The molecule has 0 bridgehead atoms. The van der Waals surface area contributed by atoms with Gasteiger partial charge in [0.1, 0.15) is 5.15 Å². The number of H-pyrrole nitrogens is 1. The second-order valence-corrected chi connectivity index (χ2v) is 7.39. The van der Waals surface area contributed by atoms with Gasteiger partial charge in [-0.2, -0.15) is 0 Å². The minimum Gasteiger partial charge on any atom is -0.361 e. The number of aromatic amines is 1. The number of hydrogen-bond donors (Lipinski definition) is 3. The highest BCUT2D eigenvalue weighted by molar-refractivity contribution is 7.80. The van der Waals surface area contributed by atoms with Crippen LogP contribution in [0.2, 0.25) is 5.15 Å². The summed E-state index contributed by atoms with van der Waals surface area (Å²) in [6, 6.07) is 14.3. The molecule has 144 valence electrons. The zero-order valence-corrected chi connectivity index (χ0v) is 17.6. The number of aromatic nitrogens is 3. The molecule has 0 fully saturated rings. The smallest absolute Gasteiger partial charge is 0.132 e. The number of aryl methyl sites for hydroxylation is 1. The molecule has 4 rings (SSSR count). The van der Waals surface area contributed by atoms with Gasteiger partial charge in [-0.25, -0.2) is 4.98 Å². The fraction of sp³-hybridized carbons (Fsp3) is 0.182. The van der Waals surface area contributed by atoms with Gasteiger partial charge in [-0.1, -0.05) is 29.8 Å². The Morgan fingerprint density at radius 3 is 2.64 bits per heavy atom. The Morgan fingerprint density at radius 2 is 2.00 bits per heavy atom. The maximum atomic E-state index is 6.22. The lowest BCUT2D eigenvalue weighted by atomic mass is 10.0. The lowest BCUT2D eigenvalue weighted by Gasteiger charge is -2.06. The Kier molecular flexibility index (Phi) is 7.09. The lowest BCUT2D eigenvalue weighted by molar-refractivity contribution is 0.823. The number of nitrogens with one attached hydrogen (secondary N) is 2. The summed E-state index contributed by atoms with van der Waals surface area (Å²) in [5.41, 5.74) is 5.68. The van der Waals surface area contributed by atoms with Crippen molar-refractivity contribution in [2.75, 3.05) is 7.05 Å². The van der Waals surface area contributed by atoms with E-state index < -0.39 is 0 Å². The molecule has 0 aliphatic heterocycles. The third kappa shape index (κ3) is 5.35. The molecule has 1 aromatic carbocycles. The quantitative estimate of drug-likeness (QED) is 0.320. The van der Waals surface area contributed by atoms with Crippen LogP contribution in [0.4, 0.5) is 0 Å². The second kappa shape index (κ2) is 9.73. The maximum Gasteiger partial charge on any atom is 0.132 e. The molecule has 2 N–H and O–H groups in total. The Hall–Kier alpha value is -2.34. The van der Waals surface area contributed by atoms with E-state index in [9.17, 15) is 0 Å². The first kappa shape index (κ1) is 20.4. The largest absolute Gasteiger partial charge is 0.361 e. The van der Waals surface area contributed by atoms with Gasteiger partial charge in [0.2, 0.25) is 0 Å². The van der Waals surface area contributed by atoms with Gasteiger partial charge in [-0.05, 0) is 54.9 Å². The zero-order valence-electron chi connectivity index (χ0n) is 15.9. The molecule has 6 heteroatoms. The number of fused-ring (bicyclic) bond motifs is 1. The molecule has 4 nitrogen and oxygen atoms in total. The molecule has 0 spiro atoms. The van der Waals surface area contributed by atoms with Crippen LogP contribution in [0.15, 0.2) is 66.0 Å². The molecule has 4 aromatic rings. The third-order valence-electron chi connectivity index (χ3n) is 4.30. The second-order valence-electron chi connectivity index (χ2n) is 6.51. The van der Waals surface area contributed by atoms with Gasteiger partial charge in [-0.3, -0.25) is 4.98 Å². The summed E-state index contributed by atoms with van der Waals surface area (Å²) < 4.78 is 0. The average Bonchev–Trinajstić information content (AvgIpc) is 3.08. The number of rotatable bonds is 4. The van der Waals surface area contributed by atoms with Crippen molar-refractivity contribution in [3.63, 3.8) is 0 Å². The molecule has 3 aromatic heterocycles. The van der Waals surface area contributed by atoms with Crippen LogP contribution in [0.25, 0.3) is 10.9 Å². The predicted molar refractivity (Wildman–Crippen MR) is 119 cm³/mol. The molecular formula is C22H23ClN4S. The third-order valence-corrected chi connectivity index (χ3v) is 4.90. The highest BCUT2D eigenvalue weighted by Gasteiger charge is 2.07. The first-order valence-electron chi connectivity index (χ1n) is 9.01. The Balaban J connectivity index is 0.000000271. The van der Waals surface area contributed by atoms with Crippen LogP contribution in [0.3, 0.4) is 0 Å². The van der Waals surface area contributed by atoms with Crippen molar-refractivity contribution < 1.29 is 0 Å². The topological polar surface area (TPSA) is 53.6 Å². The van der Waals surface area contributed by atoms with E-state index in [1.54, 1.807) is 12.4 Å². The zero-order chi connectivity index (χ0) is 19.9. The molecule has 28 heavy (non-hydrogen) atoms. The van der Waals surface area contributed by atoms with Crippen molar-refractivity contribution in [3.05, 3.63) is 88.6 Å². The monoisotopic (exact) mass is 410 g/mol. The summed E-state index contributed by atoms with van der Waals surface area (Å²) in [7, 11) is 1.96. The number of pyridine rings is 2. The van der Waals surface area contributed by atoms with Crippen molar-refractivity contribution in [2.24, 2.45) is 0 Å². The Bertz CT molecular complexity index is 1050. The predicted octanol–water partition coefficient (Wildman–Crippen LogP) is 5.21. The van der Waals surface area contributed by atoms with Crippen LogP contribution in [-0.4, -0.2) is 22.0 Å². The van der Waals surface area contributed by atoms with E-state index >= 15 is 0 Å². The van der Waals surface area contributed by atoms with Crippen LogP contribution in [0.5, 0.6) is 0 Å². The molecule has 0 amide bonds. The molecule has 0 atom stereocenters. The summed E-state index contributed by atoms with van der Waals surface area (Å²) in [6.07, 6.45) is 6.27. The van der Waals surface area contributed by atoms with Crippen molar-refractivity contribution in [1.82, 2.24) is 20.3 Å². The Labute approximate surface area is 175 Å². The summed E-state index contributed by atoms with van der Waals surface area (Å²) in [6.45, 7) is 2.82. The van der Waals surface area contributed by atoms with Crippen LogP contribution in [0, 0.1) is 6.92 Å². The highest BCUT2D eigenvalue weighted by atomic mass is 35.5. The average molecular weight is 411 g/mol. The van der Waals surface area contributed by atoms with Gasteiger partial charge >= 0.3 is 0 Å². The van der Waals surface area contributed by atoms with Crippen molar-refractivity contribution in [3.8, 4) is 0 Å². The van der Waals surface area contributed by atoms with E-state index in [-0.39, 0.29) is 0 Å². The van der Waals surface area contributed by atoms with E-state index in [2.05, 4.69) is 63.4 Å². The summed E-state index contributed by atoms with van der Waals surface area (Å²) in [5, 5.41) is 5.04. The van der Waals surface area contributed by atoms with Crippen molar-refractivity contribution >= 4 is 35.1 Å². The van der Waals surface area contributed by atoms with Gasteiger partial charge in [0.25, 0.3) is 0 Å². The molecule has 0 aliphatic rings. The van der Waals surface area contributed by atoms with Gasteiger partial charge in [-0.15, -0.1) is 12.6 Å². The van der Waals surface area contributed by atoms with Crippen molar-refractivity contribution in [1.29, 1.82) is 0 Å². The van der Waals surface area contributed by atoms with E-state index in [1.165, 1.54) is 16.5 Å². The fourth-order valence-electron chi connectivity index (χ4n) is 2.94. The highest BCUT2D eigenvalue weighted by Crippen LogP contribution is 2.23. The van der Waals surface area contributed by atoms with Crippen LogP contribution in [-0.2, 0) is 13.0 Å². The summed E-state index contributed by atoms with van der Waals surface area (Å²) >= 11 is 10.2. The minimum absolute atomic E-state index is 0.595. The lowest BCUT2D eigenvalue weighted by Crippen LogP contribution is -2.03. The molecule has 0 aliphatic carbocycles. The molecule has 0 unspecified atom stereocenters. The summed E-state index contributed by atoms with van der Waals surface area (Å²) in [5.74, 6) is 0. The minimum atomic E-state index is 0.595. The maximum absolute atomic E-state index is 6.22. The molecular weight excluding hydrogens is 388 g/mol. The van der Waals surface area contributed by atoms with Gasteiger partial charge in [0.05, 0.1) is 0 Å². The first-order chi connectivity index (χ1) is 13.6. The number of halogens is 1. The van der Waals surface area contributed by atoms with Crippen LogP contribution in [0.1, 0.15) is 22.4 Å². The van der Waals surface area contributed by atoms with E-state index in [1.807, 2.05) is 32.2 Å². The van der Waals surface area contributed by atoms with E-state index in [0.29, 0.717) is 5.15 Å². The number of nitrogens with zero attached hydrogens (tertiary/aromatic N) is 2. The van der Waals surface area contributed by atoms with Crippen molar-refractivity contribution in [2.45, 2.75) is 24.8 Å². The number of hydrogen-bond acceptors (Lipinski definition) is 4. The molecule has 0 saturated carbocycles.